The number of hydrogen-bond acceptors (Lipinski definition) is 1. The van der Waals surface area contributed by atoms with Gasteiger partial charge in [-0.25, -0.2) is 0 Å². The lowest BCUT2D eigenvalue weighted by molar-refractivity contribution is 0.606. The molecule has 0 aromatic carbocycles. The summed E-state index contributed by atoms with van der Waals surface area (Å²) in [7, 11) is 0. The van der Waals surface area contributed by atoms with E-state index in [2.05, 4.69) is 33.9 Å². The minimum atomic E-state index is 0.610. The largest absolute Gasteiger partial charge is 0.371 e. The molecule has 78 valence electrons. The molecule has 0 rings (SSSR count). The molecule has 0 saturated carbocycles. The van der Waals surface area contributed by atoms with Crippen molar-refractivity contribution in [2.24, 2.45) is 0 Å². The summed E-state index contributed by atoms with van der Waals surface area (Å²) in [6, 6.07) is 0. The van der Waals surface area contributed by atoms with Crippen molar-refractivity contribution in [2.75, 3.05) is 11.9 Å². The Morgan fingerprint density at radius 3 is 2.15 bits per heavy atom. The Morgan fingerprint density at radius 1 is 1.08 bits per heavy atom. The highest BCUT2D eigenvalue weighted by atomic mass is 79.9. The van der Waals surface area contributed by atoms with Crippen LogP contribution in [0.5, 0.6) is 0 Å². The first kappa shape index (κ1) is 13.7. The Kier molecular flexibility index (Phi) is 11.4. The highest BCUT2D eigenvalue weighted by Gasteiger charge is 1.91. The van der Waals surface area contributed by atoms with Gasteiger partial charge in [-0.3, -0.25) is 0 Å². The van der Waals surface area contributed by atoms with Crippen molar-refractivity contribution in [3.63, 3.8) is 0 Å². The van der Waals surface area contributed by atoms with E-state index in [1.54, 1.807) is 0 Å². The van der Waals surface area contributed by atoms with E-state index in [1.807, 2.05) is 0 Å². The summed E-state index contributed by atoms with van der Waals surface area (Å²) in [5, 5.41) is 4.18. The lowest BCUT2D eigenvalue weighted by atomic mass is 10.1. The average Bonchev–Trinajstić information content (AvgIpc) is 2.09. The lowest BCUT2D eigenvalue weighted by Gasteiger charge is -2.02. The van der Waals surface area contributed by atoms with E-state index >= 15 is 0 Å². The third kappa shape index (κ3) is 12.7. The maximum Gasteiger partial charge on any atom is 0.130 e. The van der Waals surface area contributed by atoms with Crippen LogP contribution in [0.4, 0.5) is 0 Å². The maximum atomic E-state index is 4.78. The quantitative estimate of drug-likeness (QED) is 0.306. The Morgan fingerprint density at radius 2 is 1.62 bits per heavy atom. The Bertz CT molecular complexity index is 131. The Balaban J connectivity index is 2.87. The van der Waals surface area contributed by atoms with Gasteiger partial charge in [-0.2, -0.15) is 0 Å². The minimum absolute atomic E-state index is 0.610. The van der Waals surface area contributed by atoms with Crippen molar-refractivity contribution < 1.29 is 0 Å². The molecule has 0 aliphatic heterocycles. The van der Waals surface area contributed by atoms with Crippen LogP contribution in [0.3, 0.4) is 0 Å². The number of alkyl halides is 1. The third-order valence-corrected chi connectivity index (χ3v) is 2.70. The normalized spacial score (nSPS) is 10.0. The molecule has 0 amide bonds. The number of rotatable bonds is 8. The first-order valence-electron chi connectivity index (χ1n) is 4.80. The number of thiol groups is 1. The molecule has 0 aliphatic carbocycles. The van der Waals surface area contributed by atoms with E-state index in [0.717, 1.165) is 11.9 Å². The van der Waals surface area contributed by atoms with E-state index in [-0.39, 0.29) is 0 Å². The van der Waals surface area contributed by atoms with Gasteiger partial charge in [-0.05, 0) is 12.8 Å². The van der Waals surface area contributed by atoms with Gasteiger partial charge >= 0.3 is 0 Å². The number of thiocarbonyl (C=S) groups is 1. The summed E-state index contributed by atoms with van der Waals surface area (Å²) >= 11 is 12.2. The van der Waals surface area contributed by atoms with Crippen molar-refractivity contribution in [1.82, 2.24) is 5.32 Å². The summed E-state index contributed by atoms with van der Waals surface area (Å²) in [4.78, 5) is 0. The molecule has 0 aliphatic rings. The van der Waals surface area contributed by atoms with Crippen LogP contribution in [-0.2, 0) is 0 Å². The SMILES string of the molecule is S=C(S)NCCCCCCCCBr. The first-order valence-corrected chi connectivity index (χ1v) is 6.78. The zero-order valence-corrected chi connectivity index (χ0v) is 11.2. The zero-order valence-electron chi connectivity index (χ0n) is 7.89. The average molecular weight is 284 g/mol. The molecule has 0 heterocycles. The molecule has 0 atom stereocenters. The molecule has 0 aromatic rings. The molecule has 4 heteroatoms. The smallest absolute Gasteiger partial charge is 0.130 e. The van der Waals surface area contributed by atoms with E-state index in [9.17, 15) is 0 Å². The highest BCUT2D eigenvalue weighted by Crippen LogP contribution is 2.05. The maximum absolute atomic E-state index is 4.78. The van der Waals surface area contributed by atoms with E-state index in [4.69, 9.17) is 12.2 Å². The standard InChI is InChI=1S/C9H18BrNS2/c10-7-5-3-1-2-4-6-8-11-9(12)13/h1-8H2,(H2,11,12,13). The Hall–Kier alpha value is 0.720. The van der Waals surface area contributed by atoms with E-state index < -0.39 is 0 Å². The van der Waals surface area contributed by atoms with Crippen molar-refractivity contribution >= 4 is 45.1 Å². The van der Waals surface area contributed by atoms with Crippen LogP contribution in [0.2, 0.25) is 0 Å². The third-order valence-electron chi connectivity index (χ3n) is 1.84. The monoisotopic (exact) mass is 283 g/mol. The second-order valence-electron chi connectivity index (χ2n) is 3.04. The summed E-state index contributed by atoms with van der Waals surface area (Å²) in [5.74, 6) is 0. The minimum Gasteiger partial charge on any atom is -0.371 e. The van der Waals surface area contributed by atoms with Gasteiger partial charge < -0.3 is 5.32 Å². The molecule has 0 saturated heterocycles. The van der Waals surface area contributed by atoms with Gasteiger partial charge in [0.05, 0.1) is 0 Å². The summed E-state index contributed by atoms with van der Waals surface area (Å²) in [5.41, 5.74) is 0. The number of unbranched alkanes of at least 4 members (excludes halogenated alkanes) is 5. The van der Waals surface area contributed by atoms with Gasteiger partial charge in [0.1, 0.15) is 4.32 Å². The topological polar surface area (TPSA) is 12.0 Å². The predicted molar refractivity (Wildman–Crippen MR) is 71.1 cm³/mol. The van der Waals surface area contributed by atoms with Crippen LogP contribution in [0, 0.1) is 0 Å². The van der Waals surface area contributed by atoms with Gasteiger partial charge in [0.15, 0.2) is 0 Å². The summed E-state index contributed by atoms with van der Waals surface area (Å²) < 4.78 is 0.610. The molecule has 1 N–H and O–H groups in total. The van der Waals surface area contributed by atoms with Crippen LogP contribution >= 0.6 is 40.8 Å². The van der Waals surface area contributed by atoms with Crippen LogP contribution in [0.15, 0.2) is 0 Å². The van der Waals surface area contributed by atoms with E-state index in [0.29, 0.717) is 4.32 Å². The summed E-state index contributed by atoms with van der Waals surface area (Å²) in [6.07, 6.45) is 7.86. The molecule has 0 fully saturated rings. The highest BCUT2D eigenvalue weighted by molar-refractivity contribution is 9.09. The number of hydrogen-bond donors (Lipinski definition) is 2. The van der Waals surface area contributed by atoms with Gasteiger partial charge in [0, 0.05) is 11.9 Å². The molecular formula is C9H18BrNS2. The molecule has 0 radical (unpaired) electrons. The van der Waals surface area contributed by atoms with Crippen LogP contribution in [-0.4, -0.2) is 16.2 Å². The lowest BCUT2D eigenvalue weighted by Crippen LogP contribution is -2.17. The Labute approximate surface area is 101 Å². The van der Waals surface area contributed by atoms with Crippen molar-refractivity contribution in [3.05, 3.63) is 0 Å². The van der Waals surface area contributed by atoms with Crippen molar-refractivity contribution in [1.29, 1.82) is 0 Å². The number of nitrogens with one attached hydrogen (secondary N) is 1. The predicted octanol–water partition coefficient (Wildman–Crippen LogP) is 3.53. The van der Waals surface area contributed by atoms with Gasteiger partial charge in [0.25, 0.3) is 0 Å². The molecular weight excluding hydrogens is 266 g/mol. The van der Waals surface area contributed by atoms with Crippen molar-refractivity contribution in [2.45, 2.75) is 38.5 Å². The van der Waals surface area contributed by atoms with Crippen molar-refractivity contribution in [3.8, 4) is 0 Å². The molecule has 1 nitrogen and oxygen atoms in total. The second kappa shape index (κ2) is 10.8. The summed E-state index contributed by atoms with van der Waals surface area (Å²) in [6.45, 7) is 0.973. The molecule has 13 heavy (non-hydrogen) atoms. The molecule has 0 spiro atoms. The fourth-order valence-corrected chi connectivity index (χ4v) is 1.73. The molecule has 0 unspecified atom stereocenters. The van der Waals surface area contributed by atoms with Crippen LogP contribution in [0.25, 0.3) is 0 Å². The van der Waals surface area contributed by atoms with Gasteiger partial charge in [-0.15, -0.1) is 12.6 Å². The molecule has 0 bridgehead atoms. The van der Waals surface area contributed by atoms with Crippen LogP contribution in [0.1, 0.15) is 38.5 Å². The van der Waals surface area contributed by atoms with E-state index in [1.165, 1.54) is 38.5 Å². The number of halogens is 1. The first-order chi connectivity index (χ1) is 6.27. The van der Waals surface area contributed by atoms with Crippen LogP contribution < -0.4 is 5.32 Å². The molecule has 0 aromatic heterocycles. The second-order valence-corrected chi connectivity index (χ2v) is 4.99. The van der Waals surface area contributed by atoms with Gasteiger partial charge in [-0.1, -0.05) is 53.8 Å². The van der Waals surface area contributed by atoms with Gasteiger partial charge in [0.2, 0.25) is 0 Å². The zero-order chi connectivity index (χ0) is 9.94. The fraction of sp³-hybridized carbons (Fsp3) is 0.889. The fourth-order valence-electron chi connectivity index (χ4n) is 1.12.